The first-order valence-electron chi connectivity index (χ1n) is 12.8. The number of ether oxygens (including phenoxy) is 2. The van der Waals surface area contributed by atoms with Crippen LogP contribution in [0.3, 0.4) is 0 Å². The molecule has 0 fully saturated rings. The summed E-state index contributed by atoms with van der Waals surface area (Å²) >= 11 is 0. The molecule has 9 heteroatoms. The molecule has 0 aliphatic carbocycles. The molecule has 3 aromatic rings. The zero-order valence-electron chi connectivity index (χ0n) is 21.7. The van der Waals surface area contributed by atoms with Gasteiger partial charge in [0.05, 0.1) is 25.5 Å². The maximum atomic E-state index is 13.0. The van der Waals surface area contributed by atoms with Gasteiger partial charge in [-0.3, -0.25) is 0 Å². The first kappa shape index (κ1) is 26.2. The molecule has 0 amide bonds. The Kier molecular flexibility index (Phi) is 8.00. The van der Waals surface area contributed by atoms with E-state index >= 15 is 0 Å². The van der Waals surface area contributed by atoms with Crippen LogP contribution in [0, 0.1) is 6.92 Å². The van der Waals surface area contributed by atoms with Gasteiger partial charge in [0.25, 0.3) is 0 Å². The number of aryl methyl sites for hydroxylation is 2. The minimum Gasteiger partial charge on any atom is -0.484 e. The van der Waals surface area contributed by atoms with Crippen LogP contribution in [-0.2, 0) is 19.4 Å². The molecule has 0 saturated carbocycles. The van der Waals surface area contributed by atoms with Crippen LogP contribution in [0.2, 0.25) is 0 Å². The Morgan fingerprint density at radius 2 is 2.00 bits per heavy atom. The molecule has 0 spiro atoms. The number of fused-ring (bicyclic) bond motifs is 2. The zero-order chi connectivity index (χ0) is 25.9. The summed E-state index contributed by atoms with van der Waals surface area (Å²) in [4.78, 5) is 13.0. The van der Waals surface area contributed by atoms with Crippen LogP contribution in [0.4, 0.5) is 0 Å². The fourth-order valence-corrected chi connectivity index (χ4v) is 4.67. The van der Waals surface area contributed by atoms with Gasteiger partial charge in [-0.25, -0.2) is 9.48 Å². The Hall–Kier alpha value is -2.91. The lowest BCUT2D eigenvalue weighted by molar-refractivity contribution is 0.0787. The van der Waals surface area contributed by atoms with Crippen molar-refractivity contribution in [1.29, 1.82) is 0 Å². The highest BCUT2D eigenvalue weighted by atomic mass is 16.5. The minimum atomic E-state index is -0.572. The van der Waals surface area contributed by atoms with Crippen LogP contribution >= 0.6 is 0 Å². The van der Waals surface area contributed by atoms with Gasteiger partial charge in [0, 0.05) is 10.9 Å². The summed E-state index contributed by atoms with van der Waals surface area (Å²) in [6.07, 6.45) is 8.34. The van der Waals surface area contributed by atoms with Crippen molar-refractivity contribution in [2.24, 2.45) is 0 Å². The molecular weight excluding hydrogens is 462 g/mol. The van der Waals surface area contributed by atoms with Crippen LogP contribution in [0.5, 0.6) is 11.5 Å². The van der Waals surface area contributed by atoms with Crippen LogP contribution in [-0.4, -0.2) is 44.0 Å². The predicted molar refractivity (Wildman–Crippen MR) is 136 cm³/mol. The number of benzene rings is 1. The molecule has 0 radical (unpaired) electrons. The standard InChI is InChI=1S/C27H37N3O6/c1-5-6-7-8-9-21-17(2)22-12-18-10-11-27(3,4)36-23(18)25(24(22)35-26(21)33)34-16-19-13-30(29-28-19)20(14-31)15-32/h12-13,20,31-32H,5-11,14-16H2,1-4H3. The van der Waals surface area contributed by atoms with Crippen LogP contribution in [0.15, 0.2) is 21.5 Å². The topological polar surface area (TPSA) is 120 Å². The fraction of sp³-hybridized carbons (Fsp3) is 0.593. The van der Waals surface area contributed by atoms with Gasteiger partial charge in [0.1, 0.15) is 17.9 Å². The predicted octanol–water partition coefficient (Wildman–Crippen LogP) is 4.02. The molecule has 3 heterocycles. The van der Waals surface area contributed by atoms with E-state index in [-0.39, 0.29) is 31.0 Å². The number of hydrogen-bond donors (Lipinski definition) is 2. The normalized spacial score (nSPS) is 14.8. The van der Waals surface area contributed by atoms with Crippen molar-refractivity contribution in [3.05, 3.63) is 45.1 Å². The van der Waals surface area contributed by atoms with Crippen molar-refractivity contribution in [3.63, 3.8) is 0 Å². The highest BCUT2D eigenvalue weighted by Gasteiger charge is 2.32. The molecule has 196 valence electrons. The zero-order valence-corrected chi connectivity index (χ0v) is 21.7. The number of aliphatic hydroxyl groups excluding tert-OH is 2. The van der Waals surface area contributed by atoms with Crippen molar-refractivity contribution in [3.8, 4) is 11.5 Å². The Bertz CT molecular complexity index is 1260. The minimum absolute atomic E-state index is 0.0560. The maximum Gasteiger partial charge on any atom is 0.339 e. The van der Waals surface area contributed by atoms with E-state index in [0.29, 0.717) is 29.2 Å². The first-order valence-corrected chi connectivity index (χ1v) is 12.8. The van der Waals surface area contributed by atoms with Gasteiger partial charge in [-0.2, -0.15) is 0 Å². The van der Waals surface area contributed by atoms with Crippen LogP contribution in [0.1, 0.15) is 81.3 Å². The van der Waals surface area contributed by atoms with E-state index in [2.05, 4.69) is 23.3 Å². The molecule has 0 saturated heterocycles. The van der Waals surface area contributed by atoms with Crippen LogP contribution < -0.4 is 15.1 Å². The summed E-state index contributed by atoms with van der Waals surface area (Å²) in [5.41, 5.74) is 2.84. The summed E-state index contributed by atoms with van der Waals surface area (Å²) in [6.45, 7) is 7.74. The Balaban J connectivity index is 1.73. The van der Waals surface area contributed by atoms with Gasteiger partial charge in [0.2, 0.25) is 5.75 Å². The molecule has 1 aliphatic heterocycles. The van der Waals surface area contributed by atoms with E-state index < -0.39 is 6.04 Å². The van der Waals surface area contributed by atoms with E-state index in [9.17, 15) is 15.0 Å². The van der Waals surface area contributed by atoms with Gasteiger partial charge in [0.15, 0.2) is 11.3 Å². The number of aromatic nitrogens is 3. The van der Waals surface area contributed by atoms with E-state index in [0.717, 1.165) is 60.6 Å². The van der Waals surface area contributed by atoms with Crippen molar-refractivity contribution in [1.82, 2.24) is 15.0 Å². The quantitative estimate of drug-likeness (QED) is 0.300. The second-order valence-electron chi connectivity index (χ2n) is 10.2. The SMILES string of the molecule is CCCCCCc1c(C)c2cc3c(c(OCc4cn(C(CO)CO)nn4)c2oc1=O)OC(C)(C)CC3. The van der Waals surface area contributed by atoms with Gasteiger partial charge in [-0.15, -0.1) is 5.10 Å². The molecule has 36 heavy (non-hydrogen) atoms. The average molecular weight is 500 g/mol. The largest absolute Gasteiger partial charge is 0.484 e. The molecule has 2 aromatic heterocycles. The molecule has 0 unspecified atom stereocenters. The summed E-state index contributed by atoms with van der Waals surface area (Å²) in [7, 11) is 0. The Morgan fingerprint density at radius 3 is 2.72 bits per heavy atom. The highest BCUT2D eigenvalue weighted by Crippen LogP contribution is 2.45. The number of hydrogen-bond acceptors (Lipinski definition) is 8. The molecule has 1 aliphatic rings. The third-order valence-electron chi connectivity index (χ3n) is 6.94. The summed E-state index contributed by atoms with van der Waals surface area (Å²) in [6, 6.07) is 1.50. The van der Waals surface area contributed by atoms with Crippen molar-refractivity contribution in [2.45, 2.75) is 90.9 Å². The van der Waals surface area contributed by atoms with E-state index in [1.54, 1.807) is 6.20 Å². The molecular formula is C27H37N3O6. The third-order valence-corrected chi connectivity index (χ3v) is 6.94. The van der Waals surface area contributed by atoms with E-state index in [1.165, 1.54) is 4.68 Å². The fourth-order valence-electron chi connectivity index (χ4n) is 4.67. The molecule has 9 nitrogen and oxygen atoms in total. The molecule has 0 atom stereocenters. The lowest BCUT2D eigenvalue weighted by Gasteiger charge is -2.33. The number of nitrogens with zero attached hydrogens (tertiary/aromatic N) is 3. The van der Waals surface area contributed by atoms with Gasteiger partial charge >= 0.3 is 5.63 Å². The molecule has 4 rings (SSSR count). The van der Waals surface area contributed by atoms with Gasteiger partial charge < -0.3 is 24.1 Å². The number of aliphatic hydroxyl groups is 2. The van der Waals surface area contributed by atoms with Crippen LogP contribution in [0.25, 0.3) is 11.0 Å². The molecule has 0 bridgehead atoms. The van der Waals surface area contributed by atoms with Gasteiger partial charge in [-0.05, 0) is 63.6 Å². The highest BCUT2D eigenvalue weighted by molar-refractivity contribution is 5.90. The van der Waals surface area contributed by atoms with E-state index in [1.807, 2.05) is 20.8 Å². The monoisotopic (exact) mass is 499 g/mol. The summed E-state index contributed by atoms with van der Waals surface area (Å²) in [5, 5.41) is 27.8. The second-order valence-corrected chi connectivity index (χ2v) is 10.2. The maximum absolute atomic E-state index is 13.0. The Labute approximate surface area is 211 Å². The molecule has 2 N–H and O–H groups in total. The summed E-state index contributed by atoms with van der Waals surface area (Å²) < 4.78 is 19.9. The third kappa shape index (κ3) is 5.42. The van der Waals surface area contributed by atoms with Gasteiger partial charge in [-0.1, -0.05) is 31.4 Å². The lowest BCUT2D eigenvalue weighted by atomic mass is 9.91. The van der Waals surface area contributed by atoms with E-state index in [4.69, 9.17) is 13.9 Å². The smallest absolute Gasteiger partial charge is 0.339 e. The Morgan fingerprint density at radius 1 is 1.22 bits per heavy atom. The van der Waals surface area contributed by atoms with Crippen molar-refractivity contribution >= 4 is 11.0 Å². The van der Waals surface area contributed by atoms with Crippen molar-refractivity contribution in [2.75, 3.05) is 13.2 Å². The second kappa shape index (κ2) is 11.0. The lowest BCUT2D eigenvalue weighted by Crippen LogP contribution is -2.33. The summed E-state index contributed by atoms with van der Waals surface area (Å²) in [5.74, 6) is 0.983. The number of rotatable bonds is 11. The molecule has 1 aromatic carbocycles. The first-order chi connectivity index (χ1) is 17.3. The average Bonchev–Trinajstić information content (AvgIpc) is 3.31. The van der Waals surface area contributed by atoms with Crippen molar-refractivity contribution < 1.29 is 24.1 Å². The number of unbranched alkanes of at least 4 members (excludes halogenated alkanes) is 3.